The fourth-order valence-corrected chi connectivity index (χ4v) is 4.18. The number of hydrogen-bond acceptors (Lipinski definition) is 4. The normalized spacial score (nSPS) is 12.7. The van der Waals surface area contributed by atoms with Gasteiger partial charge in [0, 0.05) is 16.5 Å². The van der Waals surface area contributed by atoms with Gasteiger partial charge in [-0.2, -0.15) is 0 Å². The van der Waals surface area contributed by atoms with Crippen LogP contribution in [0.4, 0.5) is 0 Å². The van der Waals surface area contributed by atoms with E-state index in [-0.39, 0.29) is 13.2 Å². The van der Waals surface area contributed by atoms with Crippen molar-refractivity contribution >= 4 is 22.3 Å². The first-order valence-electron chi connectivity index (χ1n) is 9.71. The highest BCUT2D eigenvalue weighted by atomic mass is 16.3. The molecule has 4 aromatic rings. The summed E-state index contributed by atoms with van der Waals surface area (Å²) in [6, 6.07) is 22.4. The minimum absolute atomic E-state index is 0.0322. The van der Waals surface area contributed by atoms with E-state index in [0.29, 0.717) is 16.5 Å². The molecule has 0 heterocycles. The van der Waals surface area contributed by atoms with Crippen molar-refractivity contribution < 1.29 is 19.8 Å². The lowest BCUT2D eigenvalue weighted by atomic mass is 9.89. The summed E-state index contributed by atoms with van der Waals surface area (Å²) in [5.41, 5.74) is 6.23. The molecule has 1 aliphatic rings. The molecule has 30 heavy (non-hydrogen) atoms. The first-order valence-corrected chi connectivity index (χ1v) is 9.71. The zero-order valence-corrected chi connectivity index (χ0v) is 16.1. The van der Waals surface area contributed by atoms with Gasteiger partial charge in [0.15, 0.2) is 0 Å². The minimum Gasteiger partial charge on any atom is -0.392 e. The summed E-state index contributed by atoms with van der Waals surface area (Å²) in [4.78, 5) is 25.1. The minimum atomic E-state index is -0.468. The third-order valence-electron chi connectivity index (χ3n) is 5.75. The lowest BCUT2D eigenvalue weighted by Gasteiger charge is -2.14. The number of carbonyl (C=O) groups is 2. The first-order chi connectivity index (χ1) is 14.6. The lowest BCUT2D eigenvalue weighted by molar-refractivity contribution is 0.0825. The molecule has 0 aliphatic heterocycles. The highest BCUT2D eigenvalue weighted by Crippen LogP contribution is 2.42. The SMILES string of the molecule is O=C1C(=O)c2ccc(-c3ccc(CO)cc3)c3c(-c4ccc(CO)cc4)ccc1c23. The van der Waals surface area contributed by atoms with Crippen LogP contribution >= 0.6 is 0 Å². The number of hydrogen-bond donors (Lipinski definition) is 2. The molecule has 0 amide bonds. The standard InChI is InChI=1S/C26H18O4/c27-13-15-1-5-17(6-2-15)19-9-11-21-24-22(26(30)25(21)29)12-10-20(23(19)24)18-7-3-16(14-28)4-8-18/h1-12,27-28H,13-14H2. The van der Waals surface area contributed by atoms with Crippen LogP contribution in [-0.4, -0.2) is 21.8 Å². The summed E-state index contributed by atoms with van der Waals surface area (Å²) >= 11 is 0. The second-order valence-corrected chi connectivity index (χ2v) is 7.44. The van der Waals surface area contributed by atoms with Crippen molar-refractivity contribution in [3.63, 3.8) is 0 Å². The molecule has 4 nitrogen and oxygen atoms in total. The van der Waals surface area contributed by atoms with Crippen LogP contribution in [-0.2, 0) is 13.2 Å². The van der Waals surface area contributed by atoms with E-state index in [2.05, 4.69) is 0 Å². The predicted octanol–water partition coefficient (Wildman–Crippen LogP) is 4.54. The van der Waals surface area contributed by atoms with E-state index in [1.165, 1.54) is 0 Å². The average molecular weight is 394 g/mol. The van der Waals surface area contributed by atoms with Crippen molar-refractivity contribution in [2.24, 2.45) is 0 Å². The number of ketones is 2. The Morgan fingerprint density at radius 2 is 0.800 bits per heavy atom. The molecule has 0 radical (unpaired) electrons. The highest BCUT2D eigenvalue weighted by molar-refractivity contribution is 6.57. The third kappa shape index (κ3) is 2.70. The molecular weight excluding hydrogens is 376 g/mol. The fourth-order valence-electron chi connectivity index (χ4n) is 4.18. The topological polar surface area (TPSA) is 74.6 Å². The van der Waals surface area contributed by atoms with Crippen LogP contribution in [0.3, 0.4) is 0 Å². The Bertz CT molecular complexity index is 1220. The zero-order valence-electron chi connectivity index (χ0n) is 16.1. The zero-order chi connectivity index (χ0) is 20.8. The Morgan fingerprint density at radius 3 is 1.17 bits per heavy atom. The Labute approximate surface area is 173 Å². The second-order valence-electron chi connectivity index (χ2n) is 7.44. The van der Waals surface area contributed by atoms with Crippen molar-refractivity contribution in [3.05, 3.63) is 95.1 Å². The molecule has 0 saturated heterocycles. The van der Waals surface area contributed by atoms with Crippen LogP contribution in [0.25, 0.3) is 33.0 Å². The molecule has 0 unspecified atom stereocenters. The number of carbonyl (C=O) groups excluding carboxylic acids is 2. The van der Waals surface area contributed by atoms with E-state index >= 15 is 0 Å². The molecule has 4 aromatic carbocycles. The van der Waals surface area contributed by atoms with Gasteiger partial charge in [0.2, 0.25) is 11.6 Å². The van der Waals surface area contributed by atoms with Crippen molar-refractivity contribution in [1.29, 1.82) is 0 Å². The van der Waals surface area contributed by atoms with Gasteiger partial charge in [0.25, 0.3) is 0 Å². The molecule has 0 bridgehead atoms. The maximum Gasteiger partial charge on any atom is 0.234 e. The van der Waals surface area contributed by atoms with Crippen LogP contribution in [0, 0.1) is 0 Å². The number of rotatable bonds is 4. The van der Waals surface area contributed by atoms with Gasteiger partial charge < -0.3 is 10.2 Å². The highest BCUT2D eigenvalue weighted by Gasteiger charge is 2.32. The first kappa shape index (κ1) is 18.4. The van der Waals surface area contributed by atoms with Crippen molar-refractivity contribution in [2.45, 2.75) is 13.2 Å². The van der Waals surface area contributed by atoms with Crippen LogP contribution in [0.1, 0.15) is 31.8 Å². The van der Waals surface area contributed by atoms with Gasteiger partial charge in [0.1, 0.15) is 0 Å². The van der Waals surface area contributed by atoms with Gasteiger partial charge in [-0.1, -0.05) is 60.7 Å². The molecule has 0 saturated carbocycles. The summed E-state index contributed by atoms with van der Waals surface area (Å²) in [6.45, 7) is -0.0643. The largest absolute Gasteiger partial charge is 0.392 e. The van der Waals surface area contributed by atoms with Crippen LogP contribution in [0.5, 0.6) is 0 Å². The predicted molar refractivity (Wildman–Crippen MR) is 115 cm³/mol. The molecule has 2 N–H and O–H groups in total. The van der Waals surface area contributed by atoms with Gasteiger partial charge in [-0.3, -0.25) is 9.59 Å². The van der Waals surface area contributed by atoms with E-state index in [1.54, 1.807) is 12.1 Å². The van der Waals surface area contributed by atoms with Crippen LogP contribution < -0.4 is 0 Å². The van der Waals surface area contributed by atoms with Crippen molar-refractivity contribution in [1.82, 2.24) is 0 Å². The maximum absolute atomic E-state index is 12.5. The average Bonchev–Trinajstić information content (AvgIpc) is 3.06. The fraction of sp³-hybridized carbons (Fsp3) is 0.0769. The quantitative estimate of drug-likeness (QED) is 0.499. The number of Topliss-reactive ketones (excluding diaryl/α,β-unsaturated/α-hetero) is 2. The molecule has 146 valence electrons. The van der Waals surface area contributed by atoms with Crippen molar-refractivity contribution in [3.8, 4) is 22.3 Å². The summed E-state index contributed by atoms with van der Waals surface area (Å²) in [5, 5.41) is 20.3. The number of aliphatic hydroxyl groups excluding tert-OH is 2. The molecular formula is C26H18O4. The third-order valence-corrected chi connectivity index (χ3v) is 5.75. The summed E-state index contributed by atoms with van der Waals surface area (Å²) in [7, 11) is 0. The summed E-state index contributed by atoms with van der Waals surface area (Å²) in [6.07, 6.45) is 0. The van der Waals surface area contributed by atoms with Gasteiger partial charge in [-0.05, 0) is 50.9 Å². The number of aliphatic hydroxyl groups is 2. The molecule has 0 atom stereocenters. The lowest BCUT2D eigenvalue weighted by Crippen LogP contribution is -2.05. The summed E-state index contributed by atoms with van der Waals surface area (Å²) in [5.74, 6) is -0.935. The van der Waals surface area contributed by atoms with Crippen LogP contribution in [0.2, 0.25) is 0 Å². The Morgan fingerprint density at radius 1 is 0.467 bits per heavy atom. The molecule has 4 heteroatoms. The van der Waals surface area contributed by atoms with Gasteiger partial charge in [-0.25, -0.2) is 0 Å². The molecule has 0 fully saturated rings. The Balaban J connectivity index is 1.84. The van der Waals surface area contributed by atoms with Gasteiger partial charge >= 0.3 is 0 Å². The van der Waals surface area contributed by atoms with Crippen molar-refractivity contribution in [2.75, 3.05) is 0 Å². The summed E-state index contributed by atoms with van der Waals surface area (Å²) < 4.78 is 0. The van der Waals surface area contributed by atoms with E-state index in [1.807, 2.05) is 60.7 Å². The van der Waals surface area contributed by atoms with Crippen LogP contribution in [0.15, 0.2) is 72.8 Å². The van der Waals surface area contributed by atoms with E-state index in [4.69, 9.17) is 0 Å². The Hall–Kier alpha value is -3.60. The van der Waals surface area contributed by atoms with Gasteiger partial charge in [0.05, 0.1) is 13.2 Å². The van der Waals surface area contributed by atoms with E-state index in [9.17, 15) is 19.8 Å². The molecule has 0 spiro atoms. The monoisotopic (exact) mass is 394 g/mol. The van der Waals surface area contributed by atoms with E-state index < -0.39 is 11.6 Å². The molecule has 0 aromatic heterocycles. The number of benzene rings is 4. The van der Waals surface area contributed by atoms with Gasteiger partial charge in [-0.15, -0.1) is 0 Å². The second kappa shape index (κ2) is 7.02. The Kier molecular flexibility index (Phi) is 4.31. The smallest absolute Gasteiger partial charge is 0.234 e. The maximum atomic E-state index is 12.5. The van der Waals surface area contributed by atoms with E-state index in [0.717, 1.165) is 38.8 Å². The molecule has 5 rings (SSSR count). The molecule has 1 aliphatic carbocycles.